The van der Waals surface area contributed by atoms with Gasteiger partial charge in [-0.25, -0.2) is 4.79 Å². The number of halogens is 1. The molecule has 0 atom stereocenters. The molecule has 18 heavy (non-hydrogen) atoms. The van der Waals surface area contributed by atoms with Crippen LogP contribution in [0, 0.1) is 0 Å². The first-order chi connectivity index (χ1) is 8.65. The zero-order valence-corrected chi connectivity index (χ0v) is 11.4. The topological polar surface area (TPSA) is 66.9 Å². The van der Waals surface area contributed by atoms with Gasteiger partial charge in [-0.1, -0.05) is 37.8 Å². The van der Waals surface area contributed by atoms with Crippen molar-refractivity contribution in [3.05, 3.63) is 32.1 Å². The summed E-state index contributed by atoms with van der Waals surface area (Å²) in [4.78, 5) is 24.6. The summed E-state index contributed by atoms with van der Waals surface area (Å²) in [5.74, 6) is 0. The van der Waals surface area contributed by atoms with Crippen molar-refractivity contribution in [2.24, 2.45) is 0 Å². The number of hydrogen-bond acceptors (Lipinski definition) is 3. The molecule has 1 aromatic heterocycles. The third-order valence-electron chi connectivity index (χ3n) is 2.70. The smallest absolute Gasteiger partial charge is 0.315 e. The van der Waals surface area contributed by atoms with Crippen molar-refractivity contribution in [2.75, 3.05) is 13.1 Å². The fourth-order valence-corrected chi connectivity index (χ4v) is 1.82. The minimum atomic E-state index is -0.537. The second kappa shape index (κ2) is 8.11. The molecule has 0 radical (unpaired) electrons. The van der Waals surface area contributed by atoms with E-state index in [1.165, 1.54) is 30.0 Å². The first-order valence-electron chi connectivity index (χ1n) is 6.35. The average molecular weight is 274 g/mol. The molecular formula is C12H20ClN3O2. The Kier molecular flexibility index (Phi) is 6.75. The highest BCUT2D eigenvalue weighted by molar-refractivity contribution is 6.30. The second-order valence-electron chi connectivity index (χ2n) is 4.24. The normalized spacial score (nSPS) is 10.8. The van der Waals surface area contributed by atoms with Gasteiger partial charge in [0.1, 0.15) is 5.02 Å². The van der Waals surface area contributed by atoms with Crippen molar-refractivity contribution in [1.82, 2.24) is 14.9 Å². The lowest BCUT2D eigenvalue weighted by molar-refractivity contribution is 0.548. The van der Waals surface area contributed by atoms with Gasteiger partial charge in [0, 0.05) is 19.3 Å². The number of hydrogen-bond donors (Lipinski definition) is 2. The first-order valence-corrected chi connectivity index (χ1v) is 6.73. The second-order valence-corrected chi connectivity index (χ2v) is 4.65. The van der Waals surface area contributed by atoms with Gasteiger partial charge < -0.3 is 5.32 Å². The zero-order chi connectivity index (χ0) is 13.4. The fraction of sp³-hybridized carbons (Fsp3) is 0.667. The molecule has 0 unspecified atom stereocenters. The Bertz CT molecular complexity index is 467. The van der Waals surface area contributed by atoms with Gasteiger partial charge in [-0.3, -0.25) is 14.3 Å². The maximum atomic E-state index is 11.4. The van der Waals surface area contributed by atoms with Crippen molar-refractivity contribution in [3.8, 4) is 0 Å². The van der Waals surface area contributed by atoms with Crippen LogP contribution in [0.1, 0.15) is 32.6 Å². The van der Waals surface area contributed by atoms with Gasteiger partial charge >= 0.3 is 5.69 Å². The Labute approximate surface area is 111 Å². The number of nitrogens with zero attached hydrogens (tertiary/aromatic N) is 1. The molecule has 0 aliphatic heterocycles. The van der Waals surface area contributed by atoms with E-state index in [-0.39, 0.29) is 5.02 Å². The largest absolute Gasteiger partial charge is 0.328 e. The summed E-state index contributed by atoms with van der Waals surface area (Å²) in [5.41, 5.74) is -0.956. The van der Waals surface area contributed by atoms with Crippen LogP contribution in [0.2, 0.25) is 5.02 Å². The van der Waals surface area contributed by atoms with Crippen LogP contribution in [0.15, 0.2) is 15.8 Å². The standard InChI is InChI=1S/C12H20ClN3O2/c1-2-3-4-5-6-14-7-8-16-9-10(13)11(17)15-12(16)18/h9,14H,2-8H2,1H3,(H,15,17,18). The summed E-state index contributed by atoms with van der Waals surface area (Å²) >= 11 is 5.66. The monoisotopic (exact) mass is 273 g/mol. The highest BCUT2D eigenvalue weighted by Crippen LogP contribution is 1.97. The van der Waals surface area contributed by atoms with Crippen molar-refractivity contribution < 1.29 is 0 Å². The Morgan fingerprint density at radius 2 is 2.06 bits per heavy atom. The van der Waals surface area contributed by atoms with E-state index in [1.807, 2.05) is 0 Å². The molecule has 102 valence electrons. The molecule has 1 rings (SSSR count). The summed E-state index contributed by atoms with van der Waals surface area (Å²) < 4.78 is 1.41. The van der Waals surface area contributed by atoms with Gasteiger partial charge in [0.2, 0.25) is 0 Å². The number of rotatable bonds is 8. The van der Waals surface area contributed by atoms with Crippen LogP contribution in [0.3, 0.4) is 0 Å². The minimum Gasteiger partial charge on any atom is -0.315 e. The van der Waals surface area contributed by atoms with E-state index in [4.69, 9.17) is 11.6 Å². The van der Waals surface area contributed by atoms with Gasteiger partial charge in [0.25, 0.3) is 5.56 Å². The van der Waals surface area contributed by atoms with Crippen molar-refractivity contribution in [1.29, 1.82) is 0 Å². The number of aromatic nitrogens is 2. The van der Waals surface area contributed by atoms with E-state index in [1.54, 1.807) is 0 Å². The molecule has 0 spiro atoms. The van der Waals surface area contributed by atoms with Crippen molar-refractivity contribution >= 4 is 11.6 Å². The van der Waals surface area contributed by atoms with Crippen LogP contribution in [0.4, 0.5) is 0 Å². The number of nitrogens with one attached hydrogen (secondary N) is 2. The highest BCUT2D eigenvalue weighted by Gasteiger charge is 2.01. The Morgan fingerprint density at radius 3 is 2.78 bits per heavy atom. The SMILES string of the molecule is CCCCCCNCCn1cc(Cl)c(=O)[nH]c1=O. The maximum absolute atomic E-state index is 11.4. The number of aromatic amines is 1. The van der Waals surface area contributed by atoms with E-state index in [0.29, 0.717) is 13.1 Å². The quantitative estimate of drug-likeness (QED) is 0.703. The molecule has 0 amide bonds. The van der Waals surface area contributed by atoms with Crippen molar-refractivity contribution in [2.45, 2.75) is 39.2 Å². The molecule has 0 aliphatic rings. The highest BCUT2D eigenvalue weighted by atomic mass is 35.5. The molecule has 5 nitrogen and oxygen atoms in total. The van der Waals surface area contributed by atoms with Crippen LogP contribution < -0.4 is 16.6 Å². The van der Waals surface area contributed by atoms with Gasteiger partial charge in [-0.2, -0.15) is 0 Å². The number of H-pyrrole nitrogens is 1. The molecule has 0 fully saturated rings. The van der Waals surface area contributed by atoms with Gasteiger partial charge in [-0.05, 0) is 13.0 Å². The molecule has 0 aliphatic carbocycles. The molecule has 1 aromatic rings. The zero-order valence-electron chi connectivity index (χ0n) is 10.7. The Morgan fingerprint density at radius 1 is 1.28 bits per heavy atom. The van der Waals surface area contributed by atoms with E-state index in [2.05, 4.69) is 17.2 Å². The fourth-order valence-electron chi connectivity index (χ4n) is 1.65. The summed E-state index contributed by atoms with van der Waals surface area (Å²) in [7, 11) is 0. The summed E-state index contributed by atoms with van der Waals surface area (Å²) in [6.07, 6.45) is 6.24. The maximum Gasteiger partial charge on any atom is 0.328 e. The predicted molar refractivity (Wildman–Crippen MR) is 73.3 cm³/mol. The summed E-state index contributed by atoms with van der Waals surface area (Å²) in [6.45, 7) is 4.32. The van der Waals surface area contributed by atoms with Gasteiger partial charge in [0.15, 0.2) is 0 Å². The van der Waals surface area contributed by atoms with Crippen molar-refractivity contribution in [3.63, 3.8) is 0 Å². The molecule has 2 N–H and O–H groups in total. The van der Waals surface area contributed by atoms with Crippen LogP contribution in [-0.2, 0) is 6.54 Å². The van der Waals surface area contributed by atoms with E-state index in [0.717, 1.165) is 13.0 Å². The van der Waals surface area contributed by atoms with Crippen LogP contribution in [-0.4, -0.2) is 22.6 Å². The lowest BCUT2D eigenvalue weighted by atomic mass is 10.2. The third kappa shape index (κ3) is 5.06. The third-order valence-corrected chi connectivity index (χ3v) is 2.97. The molecular weight excluding hydrogens is 254 g/mol. The molecule has 0 aromatic carbocycles. The summed E-state index contributed by atoms with van der Waals surface area (Å²) in [5, 5.41) is 3.30. The Hall–Kier alpha value is -1.07. The molecule has 1 heterocycles. The van der Waals surface area contributed by atoms with Gasteiger partial charge in [-0.15, -0.1) is 0 Å². The van der Waals surface area contributed by atoms with E-state index < -0.39 is 11.2 Å². The predicted octanol–water partition coefficient (Wildman–Crippen LogP) is 1.36. The summed E-state index contributed by atoms with van der Waals surface area (Å²) in [6, 6.07) is 0. The Balaban J connectivity index is 2.30. The molecule has 0 saturated heterocycles. The molecule has 0 saturated carbocycles. The molecule has 6 heteroatoms. The van der Waals surface area contributed by atoms with E-state index in [9.17, 15) is 9.59 Å². The van der Waals surface area contributed by atoms with Gasteiger partial charge in [0.05, 0.1) is 0 Å². The first kappa shape index (κ1) is 15.0. The van der Waals surface area contributed by atoms with Crippen LogP contribution >= 0.6 is 11.6 Å². The number of unbranched alkanes of at least 4 members (excludes halogenated alkanes) is 3. The van der Waals surface area contributed by atoms with Crippen LogP contribution in [0.5, 0.6) is 0 Å². The minimum absolute atomic E-state index is 0.0394. The average Bonchev–Trinajstić information content (AvgIpc) is 2.34. The molecule has 0 bridgehead atoms. The lowest BCUT2D eigenvalue weighted by Gasteiger charge is -2.07. The van der Waals surface area contributed by atoms with Crippen LogP contribution in [0.25, 0.3) is 0 Å². The van der Waals surface area contributed by atoms with E-state index >= 15 is 0 Å². The lowest BCUT2D eigenvalue weighted by Crippen LogP contribution is -2.33.